The van der Waals surface area contributed by atoms with Gasteiger partial charge < -0.3 is 0 Å². The number of rotatable bonds is 0. The van der Waals surface area contributed by atoms with Crippen LogP contribution in [0.3, 0.4) is 0 Å². The van der Waals surface area contributed by atoms with Gasteiger partial charge >= 0.3 is 6.18 Å². The molecule has 0 aliphatic rings. The lowest BCUT2D eigenvalue weighted by atomic mass is 10.1. The molecule has 0 bridgehead atoms. The molecule has 0 saturated heterocycles. The second-order valence-electron chi connectivity index (χ2n) is 1.94. The minimum Gasteiger partial charge on any atom is -0.166 e. The molecule has 4 heteroatoms. The van der Waals surface area contributed by atoms with Crippen molar-refractivity contribution in [2.45, 2.75) is 13.0 Å². The molecule has 0 saturated carbocycles. The SMILES string of the molecule is [2H]c1c([2H])c(C([2H])([2H])[2H])c(C(F)(F)F)c([2H])c1Br. The zero-order valence-electron chi connectivity index (χ0n) is 11.5. The van der Waals surface area contributed by atoms with Crippen molar-refractivity contribution in [3.05, 3.63) is 33.7 Å². The Kier molecular flexibility index (Phi) is 1.06. The van der Waals surface area contributed by atoms with Gasteiger partial charge in [-0.25, -0.2) is 0 Å². The molecule has 0 aliphatic heterocycles. The third kappa shape index (κ3) is 2.00. The van der Waals surface area contributed by atoms with E-state index < -0.39 is 46.8 Å². The number of alkyl halides is 3. The molecule has 1 aromatic rings. The Labute approximate surface area is 85.0 Å². The molecular weight excluding hydrogens is 233 g/mol. The van der Waals surface area contributed by atoms with Gasteiger partial charge in [-0.2, -0.15) is 13.2 Å². The van der Waals surface area contributed by atoms with Crippen molar-refractivity contribution >= 4 is 15.9 Å². The van der Waals surface area contributed by atoms with Crippen LogP contribution >= 0.6 is 15.9 Å². The van der Waals surface area contributed by atoms with E-state index in [1.165, 1.54) is 0 Å². The largest absolute Gasteiger partial charge is 0.416 e. The van der Waals surface area contributed by atoms with Crippen LogP contribution in [-0.4, -0.2) is 0 Å². The Bertz CT molecular complexity index is 448. The Morgan fingerprint density at radius 2 is 2.17 bits per heavy atom. The van der Waals surface area contributed by atoms with Gasteiger partial charge in [0.1, 0.15) is 0 Å². The van der Waals surface area contributed by atoms with Crippen LogP contribution in [0.2, 0.25) is 0 Å². The van der Waals surface area contributed by atoms with E-state index in [0.29, 0.717) is 0 Å². The van der Waals surface area contributed by atoms with E-state index in [9.17, 15) is 13.2 Å². The summed E-state index contributed by atoms with van der Waals surface area (Å²) < 4.78 is 80.9. The summed E-state index contributed by atoms with van der Waals surface area (Å²) in [7, 11) is 0. The first-order valence-electron chi connectivity index (χ1n) is 5.76. The van der Waals surface area contributed by atoms with E-state index in [-0.39, 0.29) is 0 Å². The maximum atomic E-state index is 12.8. The highest BCUT2D eigenvalue weighted by molar-refractivity contribution is 9.10. The molecule has 0 atom stereocenters. The zero-order valence-corrected chi connectivity index (χ0v) is 7.10. The van der Waals surface area contributed by atoms with Gasteiger partial charge in [-0.15, -0.1) is 0 Å². The smallest absolute Gasteiger partial charge is 0.166 e. The molecule has 1 rings (SSSR count). The van der Waals surface area contributed by atoms with Crippen molar-refractivity contribution in [1.29, 1.82) is 0 Å². The quantitative estimate of drug-likeness (QED) is 0.652. The number of hydrogen-bond donors (Lipinski definition) is 0. The Morgan fingerprint density at radius 3 is 2.67 bits per heavy atom. The fraction of sp³-hybridized carbons (Fsp3) is 0.250. The van der Waals surface area contributed by atoms with Crippen molar-refractivity contribution in [1.82, 2.24) is 0 Å². The molecule has 66 valence electrons. The summed E-state index contributed by atoms with van der Waals surface area (Å²) in [4.78, 5) is 0. The summed E-state index contributed by atoms with van der Waals surface area (Å²) in [5.41, 5.74) is -3.01. The average molecular weight is 245 g/mol. The van der Waals surface area contributed by atoms with Crippen LogP contribution in [0.25, 0.3) is 0 Å². The molecule has 0 aliphatic carbocycles. The first-order chi connectivity index (χ1) is 7.89. The van der Waals surface area contributed by atoms with Gasteiger partial charge in [-0.1, -0.05) is 22.0 Å². The van der Waals surface area contributed by atoms with E-state index in [2.05, 4.69) is 15.9 Å². The first kappa shape index (κ1) is 4.13. The van der Waals surface area contributed by atoms with Crippen molar-refractivity contribution < 1.29 is 21.4 Å². The third-order valence-corrected chi connectivity index (χ3v) is 1.46. The summed E-state index contributed by atoms with van der Waals surface area (Å²) >= 11 is 2.60. The van der Waals surface area contributed by atoms with Crippen LogP contribution < -0.4 is 0 Å². The average Bonchev–Trinajstić information content (AvgIpc) is 2.16. The summed E-state index contributed by atoms with van der Waals surface area (Å²) in [6, 6.07) is -2.95. The summed E-state index contributed by atoms with van der Waals surface area (Å²) in [6.45, 7) is -3.21. The second-order valence-corrected chi connectivity index (χ2v) is 2.73. The van der Waals surface area contributed by atoms with Crippen LogP contribution in [0, 0.1) is 6.85 Å². The monoisotopic (exact) mass is 244 g/mol. The lowest BCUT2D eigenvalue weighted by molar-refractivity contribution is -0.138. The molecule has 0 radical (unpaired) electrons. The second kappa shape index (κ2) is 3.09. The molecule has 0 N–H and O–H groups in total. The lowest BCUT2D eigenvalue weighted by Crippen LogP contribution is -2.06. The van der Waals surface area contributed by atoms with Gasteiger partial charge in [0.05, 0.1) is 9.68 Å². The van der Waals surface area contributed by atoms with Crippen molar-refractivity contribution in [2.24, 2.45) is 0 Å². The predicted octanol–water partition coefficient (Wildman–Crippen LogP) is 3.78. The third-order valence-electron chi connectivity index (χ3n) is 1.07. The van der Waals surface area contributed by atoms with E-state index in [0.717, 1.165) is 0 Å². The van der Waals surface area contributed by atoms with Crippen molar-refractivity contribution in [3.63, 3.8) is 0 Å². The maximum Gasteiger partial charge on any atom is 0.416 e. The van der Waals surface area contributed by atoms with Crippen LogP contribution in [0.15, 0.2) is 22.6 Å². The standard InChI is InChI=1S/C8H6BrF3/c1-5-2-3-6(9)4-7(5)8(10,11)12/h2-4H,1H3/i1D3,2D,3D,4D. The fourth-order valence-electron chi connectivity index (χ4n) is 0.596. The summed E-state index contributed by atoms with van der Waals surface area (Å²) in [5.74, 6) is 0. The molecule has 0 amide bonds. The van der Waals surface area contributed by atoms with Crippen LogP contribution in [-0.2, 0) is 6.18 Å². The van der Waals surface area contributed by atoms with E-state index >= 15 is 0 Å². The van der Waals surface area contributed by atoms with Crippen molar-refractivity contribution in [2.75, 3.05) is 0 Å². The van der Waals surface area contributed by atoms with Crippen molar-refractivity contribution in [3.8, 4) is 0 Å². The normalized spacial score (nSPS) is 20.0. The fourth-order valence-corrected chi connectivity index (χ4v) is 0.893. The van der Waals surface area contributed by atoms with Gasteiger partial charge in [-0.05, 0) is 24.5 Å². The molecule has 0 nitrogen and oxygen atoms in total. The summed E-state index contributed by atoms with van der Waals surface area (Å²) in [5, 5.41) is 0. The van der Waals surface area contributed by atoms with Gasteiger partial charge in [-0.3, -0.25) is 0 Å². The Morgan fingerprint density at radius 1 is 1.50 bits per heavy atom. The predicted molar refractivity (Wildman–Crippen MR) is 43.9 cm³/mol. The molecule has 0 spiro atoms. The van der Waals surface area contributed by atoms with Crippen LogP contribution in [0.4, 0.5) is 13.2 Å². The molecule has 0 fully saturated rings. The molecular formula is C8H6BrF3. The number of benzene rings is 1. The van der Waals surface area contributed by atoms with Gasteiger partial charge in [0.25, 0.3) is 0 Å². The van der Waals surface area contributed by atoms with Crippen LogP contribution in [0.1, 0.15) is 19.4 Å². The highest BCUT2D eigenvalue weighted by Gasteiger charge is 2.32. The number of halogens is 4. The minimum absolute atomic E-state index is 0.548. The molecule has 0 unspecified atom stereocenters. The highest BCUT2D eigenvalue weighted by Crippen LogP contribution is 2.33. The topological polar surface area (TPSA) is 0 Å². The van der Waals surface area contributed by atoms with E-state index in [4.69, 9.17) is 8.22 Å². The summed E-state index contributed by atoms with van der Waals surface area (Å²) in [6.07, 6.45) is -5.08. The van der Waals surface area contributed by atoms with Gasteiger partial charge in [0, 0.05) is 8.58 Å². The zero-order chi connectivity index (χ0) is 14.5. The first-order valence-corrected chi connectivity index (χ1v) is 3.55. The highest BCUT2D eigenvalue weighted by atomic mass is 79.9. The molecule has 12 heavy (non-hydrogen) atoms. The van der Waals surface area contributed by atoms with E-state index in [1.54, 1.807) is 0 Å². The van der Waals surface area contributed by atoms with Crippen LogP contribution in [0.5, 0.6) is 0 Å². The Balaban J connectivity index is 3.89. The lowest BCUT2D eigenvalue weighted by Gasteiger charge is -2.09. The Hall–Kier alpha value is -0.510. The molecule has 0 aromatic heterocycles. The number of hydrogen-bond acceptors (Lipinski definition) is 0. The van der Waals surface area contributed by atoms with Gasteiger partial charge in [0.15, 0.2) is 0 Å². The molecule has 0 heterocycles. The van der Waals surface area contributed by atoms with E-state index in [1.807, 2.05) is 0 Å². The molecule has 1 aromatic carbocycles. The maximum absolute atomic E-state index is 12.8. The minimum atomic E-state index is -5.08. The van der Waals surface area contributed by atoms with Gasteiger partial charge in [0.2, 0.25) is 0 Å².